The van der Waals surface area contributed by atoms with Crippen LogP contribution in [0.4, 0.5) is 0 Å². The van der Waals surface area contributed by atoms with Gasteiger partial charge >= 0.3 is 0 Å². The molecule has 1 fully saturated rings. The summed E-state index contributed by atoms with van der Waals surface area (Å²) in [5.41, 5.74) is 6.42. The van der Waals surface area contributed by atoms with E-state index in [1.165, 1.54) is 11.3 Å². The molecule has 1 saturated carbocycles. The summed E-state index contributed by atoms with van der Waals surface area (Å²) in [5, 5.41) is 3.81. The van der Waals surface area contributed by atoms with Gasteiger partial charge in [0, 0.05) is 0 Å². The molecule has 0 aliphatic heterocycles. The van der Waals surface area contributed by atoms with E-state index in [9.17, 15) is 4.79 Å². The van der Waals surface area contributed by atoms with Crippen LogP contribution >= 0.6 is 23.6 Å². The lowest BCUT2D eigenvalue weighted by molar-refractivity contribution is 0.0947. The lowest BCUT2D eigenvalue weighted by atomic mass is 10.2. The average Bonchev–Trinajstić information content (AvgIpc) is 3.00. The number of nitrogens with two attached hydrogens (primary N) is 1. The fraction of sp³-hybridized carbons (Fsp3) is 0.545. The Bertz CT molecular complexity index is 465. The first-order chi connectivity index (χ1) is 7.99. The van der Waals surface area contributed by atoms with Crippen LogP contribution in [0.1, 0.15) is 33.2 Å². The van der Waals surface area contributed by atoms with Crippen molar-refractivity contribution in [2.24, 2.45) is 11.7 Å². The van der Waals surface area contributed by atoms with Gasteiger partial charge in [-0.2, -0.15) is 0 Å². The van der Waals surface area contributed by atoms with Crippen molar-refractivity contribution in [2.75, 3.05) is 0 Å². The minimum absolute atomic E-state index is 0.113. The zero-order chi connectivity index (χ0) is 12.6. The predicted octanol–water partition coefficient (Wildman–Crippen LogP) is 1.55. The van der Waals surface area contributed by atoms with Gasteiger partial charge in [0.05, 0.1) is 21.7 Å². The van der Waals surface area contributed by atoms with Gasteiger partial charge in [-0.15, -0.1) is 11.3 Å². The van der Waals surface area contributed by atoms with E-state index in [0.29, 0.717) is 15.8 Å². The van der Waals surface area contributed by atoms with Crippen molar-refractivity contribution in [3.8, 4) is 0 Å². The van der Waals surface area contributed by atoms with E-state index in [4.69, 9.17) is 18.0 Å². The largest absolute Gasteiger partial charge is 0.392 e. The molecule has 1 amide bonds. The molecule has 1 aliphatic carbocycles. The molecule has 3 N–H and O–H groups in total. The van der Waals surface area contributed by atoms with Gasteiger partial charge in [-0.25, -0.2) is 4.98 Å². The number of rotatable bonds is 4. The van der Waals surface area contributed by atoms with Gasteiger partial charge in [-0.3, -0.25) is 4.79 Å². The maximum absolute atomic E-state index is 12.1. The second kappa shape index (κ2) is 4.70. The Morgan fingerprint density at radius 2 is 2.24 bits per heavy atom. The minimum Gasteiger partial charge on any atom is -0.392 e. The number of hydrogen-bond donors (Lipinski definition) is 2. The van der Waals surface area contributed by atoms with Gasteiger partial charge in [0.2, 0.25) is 0 Å². The molecule has 0 radical (unpaired) electrons. The molecule has 6 heteroatoms. The highest BCUT2D eigenvalue weighted by Gasteiger charge is 2.34. The molecule has 1 unspecified atom stereocenters. The zero-order valence-electron chi connectivity index (χ0n) is 9.82. The summed E-state index contributed by atoms with van der Waals surface area (Å²) < 4.78 is 0. The highest BCUT2D eigenvalue weighted by atomic mass is 32.1. The van der Waals surface area contributed by atoms with Gasteiger partial charge in [0.25, 0.3) is 5.91 Å². The van der Waals surface area contributed by atoms with Gasteiger partial charge in [-0.05, 0) is 32.6 Å². The molecule has 1 aliphatic rings. The number of carbonyl (C=O) groups is 1. The fourth-order valence-corrected chi connectivity index (χ4v) is 2.87. The summed E-state index contributed by atoms with van der Waals surface area (Å²) in [4.78, 5) is 17.3. The van der Waals surface area contributed by atoms with Crippen LogP contribution in [0.2, 0.25) is 0 Å². The van der Waals surface area contributed by atoms with Crippen LogP contribution in [0.3, 0.4) is 0 Å². The molecule has 92 valence electrons. The average molecular weight is 269 g/mol. The maximum atomic E-state index is 12.1. The molecule has 0 aromatic carbocycles. The maximum Gasteiger partial charge on any atom is 0.263 e. The predicted molar refractivity (Wildman–Crippen MR) is 72.4 cm³/mol. The molecule has 0 saturated heterocycles. The number of nitrogens with zero attached hydrogens (tertiary/aromatic N) is 1. The Morgan fingerprint density at radius 1 is 1.59 bits per heavy atom. The molecule has 1 atom stereocenters. The van der Waals surface area contributed by atoms with E-state index in [2.05, 4.69) is 10.3 Å². The topological polar surface area (TPSA) is 68.0 Å². The van der Waals surface area contributed by atoms with E-state index in [0.717, 1.165) is 23.5 Å². The Hall–Kier alpha value is -1.01. The molecule has 2 rings (SSSR count). The van der Waals surface area contributed by atoms with Crippen LogP contribution in [0.25, 0.3) is 0 Å². The van der Waals surface area contributed by atoms with Crippen molar-refractivity contribution in [1.82, 2.24) is 10.3 Å². The summed E-state index contributed by atoms with van der Waals surface area (Å²) in [6.07, 6.45) is 2.17. The van der Waals surface area contributed by atoms with Crippen molar-refractivity contribution in [2.45, 2.75) is 32.7 Å². The first-order valence-corrected chi connectivity index (χ1v) is 6.75. The van der Waals surface area contributed by atoms with E-state index in [1.807, 2.05) is 13.8 Å². The summed E-state index contributed by atoms with van der Waals surface area (Å²) >= 11 is 6.39. The van der Waals surface area contributed by atoms with Gasteiger partial charge in [-0.1, -0.05) is 12.2 Å². The number of thiocarbonyl (C=S) groups is 1. The third-order valence-corrected chi connectivity index (χ3v) is 4.12. The number of amides is 1. The summed E-state index contributed by atoms with van der Waals surface area (Å²) in [6.45, 7) is 3.73. The number of aromatic nitrogens is 1. The number of nitrogens with one attached hydrogen (secondary N) is 1. The minimum atomic E-state index is -0.167. The quantitative estimate of drug-likeness (QED) is 0.814. The van der Waals surface area contributed by atoms with Crippen LogP contribution in [-0.2, 0) is 0 Å². The molecule has 1 aromatic rings. The van der Waals surface area contributed by atoms with Crippen molar-refractivity contribution in [3.05, 3.63) is 15.6 Å². The number of carbonyl (C=O) groups excluding carboxylic acids is 1. The van der Waals surface area contributed by atoms with E-state index in [-0.39, 0.29) is 11.9 Å². The molecule has 1 heterocycles. The van der Waals surface area contributed by atoms with Crippen molar-refractivity contribution in [3.63, 3.8) is 0 Å². The van der Waals surface area contributed by atoms with Gasteiger partial charge in [0.15, 0.2) is 0 Å². The monoisotopic (exact) mass is 269 g/mol. The van der Waals surface area contributed by atoms with Gasteiger partial charge in [0.1, 0.15) is 4.88 Å². The summed E-state index contributed by atoms with van der Waals surface area (Å²) in [6, 6.07) is -0.167. The Kier molecular flexibility index (Phi) is 3.44. The normalized spacial score (nSPS) is 16.6. The van der Waals surface area contributed by atoms with Crippen LogP contribution < -0.4 is 11.1 Å². The molecular weight excluding hydrogens is 254 g/mol. The Balaban J connectivity index is 2.10. The molecule has 0 spiro atoms. The first kappa shape index (κ1) is 12.4. The molecule has 1 aromatic heterocycles. The first-order valence-electron chi connectivity index (χ1n) is 5.53. The Morgan fingerprint density at radius 3 is 2.65 bits per heavy atom. The molecular formula is C11H15N3OS2. The van der Waals surface area contributed by atoms with Crippen LogP contribution in [0, 0.1) is 19.8 Å². The van der Waals surface area contributed by atoms with Crippen molar-refractivity contribution >= 4 is 34.5 Å². The van der Waals surface area contributed by atoms with Crippen LogP contribution in [0.5, 0.6) is 0 Å². The number of thiazole rings is 1. The van der Waals surface area contributed by atoms with Crippen molar-refractivity contribution < 1.29 is 4.79 Å². The van der Waals surface area contributed by atoms with Crippen LogP contribution in [-0.4, -0.2) is 21.9 Å². The lowest BCUT2D eigenvalue weighted by Gasteiger charge is -2.16. The number of hydrogen-bond acceptors (Lipinski definition) is 4. The molecule has 0 bridgehead atoms. The van der Waals surface area contributed by atoms with E-state index in [1.54, 1.807) is 0 Å². The second-order valence-corrected chi connectivity index (χ2v) is 6.01. The Labute approximate surface area is 110 Å². The summed E-state index contributed by atoms with van der Waals surface area (Å²) in [7, 11) is 0. The van der Waals surface area contributed by atoms with E-state index < -0.39 is 0 Å². The lowest BCUT2D eigenvalue weighted by Crippen LogP contribution is -2.44. The zero-order valence-corrected chi connectivity index (χ0v) is 11.5. The molecule has 4 nitrogen and oxygen atoms in total. The third kappa shape index (κ3) is 2.81. The summed E-state index contributed by atoms with van der Waals surface area (Å²) in [5.74, 6) is 0.309. The third-order valence-electron chi connectivity index (χ3n) is 2.80. The van der Waals surface area contributed by atoms with Crippen LogP contribution in [0.15, 0.2) is 0 Å². The highest BCUT2D eigenvalue weighted by Crippen LogP contribution is 2.33. The van der Waals surface area contributed by atoms with Gasteiger partial charge < -0.3 is 11.1 Å². The number of aryl methyl sites for hydroxylation is 2. The van der Waals surface area contributed by atoms with Crippen molar-refractivity contribution in [1.29, 1.82) is 0 Å². The van der Waals surface area contributed by atoms with E-state index >= 15 is 0 Å². The smallest absolute Gasteiger partial charge is 0.263 e. The highest BCUT2D eigenvalue weighted by molar-refractivity contribution is 7.80. The fourth-order valence-electron chi connectivity index (χ4n) is 1.80. The SMILES string of the molecule is Cc1nc(C)c(C(=O)NC(C(N)=S)C2CC2)s1. The second-order valence-electron chi connectivity index (χ2n) is 4.34. The standard InChI is InChI=1S/C11H15N3OS2/c1-5-9(17-6(2)13-5)11(15)14-8(10(12)16)7-3-4-7/h7-8H,3-4H2,1-2H3,(H2,12,16)(H,14,15). The molecule has 17 heavy (non-hydrogen) atoms.